The molecule has 1 aromatic rings. The second-order valence-electron chi connectivity index (χ2n) is 3.20. The lowest BCUT2D eigenvalue weighted by atomic mass is 10.2. The van der Waals surface area contributed by atoms with Gasteiger partial charge in [0.25, 0.3) is 0 Å². The van der Waals surface area contributed by atoms with Crippen LogP contribution in [0.3, 0.4) is 0 Å². The number of rotatable bonds is 6. The van der Waals surface area contributed by atoms with Crippen LogP contribution < -0.4 is 0 Å². The van der Waals surface area contributed by atoms with E-state index in [1.807, 2.05) is 30.3 Å². The van der Waals surface area contributed by atoms with E-state index in [2.05, 4.69) is 18.5 Å². The van der Waals surface area contributed by atoms with Crippen molar-refractivity contribution in [3.8, 4) is 0 Å². The molecule has 15 heavy (non-hydrogen) atoms. The molecule has 0 unspecified atom stereocenters. The molecular weight excluding hydrogens is 186 g/mol. The number of aliphatic imine (C=N–C) groups is 1. The molecule has 0 spiro atoms. The Labute approximate surface area is 91.3 Å². The van der Waals surface area contributed by atoms with Gasteiger partial charge in [0.05, 0.1) is 12.3 Å². The van der Waals surface area contributed by atoms with Gasteiger partial charge in [-0.3, -0.25) is 4.99 Å². The third-order valence-corrected chi connectivity index (χ3v) is 1.89. The summed E-state index contributed by atoms with van der Waals surface area (Å²) in [4.78, 5) is 4.22. The Kier molecular flexibility index (Phi) is 5.41. The molecule has 0 aromatic heterocycles. The fourth-order valence-electron chi connectivity index (χ4n) is 1.13. The van der Waals surface area contributed by atoms with Crippen LogP contribution in [0.15, 0.2) is 41.9 Å². The smallest absolute Gasteiger partial charge is 0.0818 e. The Hall–Kier alpha value is -1.41. The monoisotopic (exact) mass is 203 g/mol. The van der Waals surface area contributed by atoms with E-state index in [4.69, 9.17) is 4.74 Å². The lowest BCUT2D eigenvalue weighted by Gasteiger charge is -1.99. The summed E-state index contributed by atoms with van der Waals surface area (Å²) < 4.78 is 5.28. The van der Waals surface area contributed by atoms with Crippen molar-refractivity contribution in [1.82, 2.24) is 0 Å². The van der Waals surface area contributed by atoms with Gasteiger partial charge in [0.2, 0.25) is 0 Å². The second-order valence-corrected chi connectivity index (χ2v) is 3.20. The standard InChI is InChI=1S/C13H17NO/c1-3-10-15-11-9-14-12(2)13-7-5-4-6-8-13/h4-9H,2-3,10-11H2,1H3. The molecule has 0 aliphatic heterocycles. The minimum Gasteiger partial charge on any atom is -0.376 e. The van der Waals surface area contributed by atoms with Gasteiger partial charge in [-0.2, -0.15) is 0 Å². The topological polar surface area (TPSA) is 21.6 Å². The summed E-state index contributed by atoms with van der Waals surface area (Å²) in [5, 5.41) is 0. The van der Waals surface area contributed by atoms with Crippen LogP contribution in [-0.2, 0) is 4.74 Å². The lowest BCUT2D eigenvalue weighted by Crippen LogP contribution is -1.96. The van der Waals surface area contributed by atoms with Crippen molar-refractivity contribution in [3.05, 3.63) is 42.5 Å². The maximum Gasteiger partial charge on any atom is 0.0818 e. The van der Waals surface area contributed by atoms with Crippen molar-refractivity contribution in [2.75, 3.05) is 13.2 Å². The summed E-state index contributed by atoms with van der Waals surface area (Å²) in [6.45, 7) is 7.31. The highest BCUT2D eigenvalue weighted by Crippen LogP contribution is 2.11. The summed E-state index contributed by atoms with van der Waals surface area (Å²) in [6.07, 6.45) is 2.79. The molecule has 0 amide bonds. The Morgan fingerprint density at radius 2 is 2.13 bits per heavy atom. The van der Waals surface area contributed by atoms with Crippen LogP contribution in [0.2, 0.25) is 0 Å². The van der Waals surface area contributed by atoms with E-state index in [9.17, 15) is 0 Å². The molecule has 0 heterocycles. The van der Waals surface area contributed by atoms with Gasteiger partial charge in [0, 0.05) is 12.8 Å². The van der Waals surface area contributed by atoms with E-state index in [0.717, 1.165) is 24.3 Å². The van der Waals surface area contributed by atoms with E-state index in [-0.39, 0.29) is 0 Å². The van der Waals surface area contributed by atoms with E-state index in [0.29, 0.717) is 6.61 Å². The molecule has 0 saturated heterocycles. The van der Waals surface area contributed by atoms with Gasteiger partial charge < -0.3 is 4.74 Å². The van der Waals surface area contributed by atoms with Crippen LogP contribution in [0.5, 0.6) is 0 Å². The molecular formula is C13H17NO. The first-order chi connectivity index (χ1) is 7.34. The Bertz CT molecular complexity index is 317. The maximum absolute atomic E-state index is 5.28. The third-order valence-electron chi connectivity index (χ3n) is 1.89. The van der Waals surface area contributed by atoms with Crippen molar-refractivity contribution in [1.29, 1.82) is 0 Å². The SMILES string of the molecule is C=C(N=CCOCCC)c1ccccc1. The summed E-state index contributed by atoms with van der Waals surface area (Å²) in [5.41, 5.74) is 1.82. The molecule has 0 aliphatic rings. The van der Waals surface area contributed by atoms with Crippen LogP contribution in [0, 0.1) is 0 Å². The normalized spacial score (nSPS) is 10.7. The van der Waals surface area contributed by atoms with Crippen LogP contribution in [-0.4, -0.2) is 19.4 Å². The predicted octanol–water partition coefficient (Wildman–Crippen LogP) is 3.15. The first-order valence-corrected chi connectivity index (χ1v) is 5.19. The van der Waals surface area contributed by atoms with E-state index in [1.165, 1.54) is 0 Å². The fraction of sp³-hybridized carbons (Fsp3) is 0.308. The van der Waals surface area contributed by atoms with E-state index in [1.54, 1.807) is 6.21 Å². The lowest BCUT2D eigenvalue weighted by molar-refractivity contribution is 0.175. The Balaban J connectivity index is 2.36. The Morgan fingerprint density at radius 3 is 2.80 bits per heavy atom. The first-order valence-electron chi connectivity index (χ1n) is 5.19. The van der Waals surface area contributed by atoms with Gasteiger partial charge >= 0.3 is 0 Å². The second kappa shape index (κ2) is 6.96. The molecule has 0 N–H and O–H groups in total. The van der Waals surface area contributed by atoms with Crippen LogP contribution in [0.1, 0.15) is 18.9 Å². The summed E-state index contributed by atoms with van der Waals surface area (Å²) in [7, 11) is 0. The molecule has 0 saturated carbocycles. The molecule has 1 aromatic carbocycles. The summed E-state index contributed by atoms with van der Waals surface area (Å²) in [5.74, 6) is 0. The average molecular weight is 203 g/mol. The van der Waals surface area contributed by atoms with Crippen LogP contribution in [0.4, 0.5) is 0 Å². The van der Waals surface area contributed by atoms with Crippen molar-refractivity contribution < 1.29 is 4.74 Å². The molecule has 80 valence electrons. The zero-order chi connectivity index (χ0) is 10.9. The zero-order valence-electron chi connectivity index (χ0n) is 9.15. The number of benzene rings is 1. The highest BCUT2D eigenvalue weighted by Gasteiger charge is 1.92. The van der Waals surface area contributed by atoms with Gasteiger partial charge in [0.1, 0.15) is 0 Å². The van der Waals surface area contributed by atoms with Crippen molar-refractivity contribution in [3.63, 3.8) is 0 Å². The average Bonchev–Trinajstić information content (AvgIpc) is 2.30. The molecule has 0 aliphatic carbocycles. The first kappa shape index (κ1) is 11.7. The fourth-order valence-corrected chi connectivity index (χ4v) is 1.13. The zero-order valence-corrected chi connectivity index (χ0v) is 9.15. The molecule has 0 atom stereocenters. The Morgan fingerprint density at radius 1 is 1.40 bits per heavy atom. The molecule has 0 radical (unpaired) electrons. The molecule has 0 bridgehead atoms. The van der Waals surface area contributed by atoms with Crippen LogP contribution >= 0.6 is 0 Å². The molecule has 2 nitrogen and oxygen atoms in total. The third kappa shape index (κ3) is 4.56. The summed E-state index contributed by atoms with van der Waals surface area (Å²) in [6, 6.07) is 9.91. The largest absolute Gasteiger partial charge is 0.376 e. The number of ether oxygens (including phenoxy) is 1. The van der Waals surface area contributed by atoms with E-state index >= 15 is 0 Å². The van der Waals surface area contributed by atoms with Gasteiger partial charge in [-0.1, -0.05) is 43.8 Å². The molecule has 0 fully saturated rings. The van der Waals surface area contributed by atoms with Gasteiger partial charge in [-0.05, 0) is 12.0 Å². The minimum atomic E-state index is 0.555. The van der Waals surface area contributed by atoms with Crippen molar-refractivity contribution >= 4 is 11.9 Å². The van der Waals surface area contributed by atoms with Crippen molar-refractivity contribution in [2.45, 2.75) is 13.3 Å². The quantitative estimate of drug-likeness (QED) is 0.514. The minimum absolute atomic E-state index is 0.555. The highest BCUT2D eigenvalue weighted by molar-refractivity contribution is 5.72. The predicted molar refractivity (Wildman–Crippen MR) is 65.1 cm³/mol. The van der Waals surface area contributed by atoms with Crippen LogP contribution in [0.25, 0.3) is 5.70 Å². The number of nitrogens with zero attached hydrogens (tertiary/aromatic N) is 1. The van der Waals surface area contributed by atoms with E-state index < -0.39 is 0 Å². The van der Waals surface area contributed by atoms with Crippen molar-refractivity contribution in [2.24, 2.45) is 4.99 Å². The molecule has 1 rings (SSSR count). The number of hydrogen-bond acceptors (Lipinski definition) is 2. The van der Waals surface area contributed by atoms with Gasteiger partial charge in [-0.15, -0.1) is 0 Å². The number of hydrogen-bond donors (Lipinski definition) is 0. The maximum atomic E-state index is 5.28. The molecule has 2 heteroatoms. The van der Waals surface area contributed by atoms with Gasteiger partial charge in [-0.25, -0.2) is 0 Å². The highest BCUT2D eigenvalue weighted by atomic mass is 16.5. The summed E-state index contributed by atoms with van der Waals surface area (Å²) >= 11 is 0. The van der Waals surface area contributed by atoms with Gasteiger partial charge in [0.15, 0.2) is 0 Å².